The first kappa shape index (κ1) is 13.8. The Labute approximate surface area is 115 Å². The highest BCUT2D eigenvalue weighted by atomic mass is 32.1. The Balaban J connectivity index is 2.02. The molecule has 0 fully saturated rings. The lowest BCUT2D eigenvalue weighted by Crippen LogP contribution is -2.25. The third-order valence-electron chi connectivity index (χ3n) is 2.66. The molecule has 19 heavy (non-hydrogen) atoms. The summed E-state index contributed by atoms with van der Waals surface area (Å²) in [5, 5.41) is 3.58. The molecule has 0 saturated carbocycles. The van der Waals surface area contributed by atoms with Crippen LogP contribution in [0, 0.1) is 6.92 Å². The summed E-state index contributed by atoms with van der Waals surface area (Å²) in [6.07, 6.45) is 3.39. The van der Waals surface area contributed by atoms with Crippen LogP contribution < -0.4 is 11.1 Å². The first-order valence-corrected chi connectivity index (χ1v) is 7.03. The van der Waals surface area contributed by atoms with Crippen molar-refractivity contribution in [3.63, 3.8) is 0 Å². The molecule has 0 aromatic carbocycles. The Morgan fingerprint density at radius 3 is 3.05 bits per heavy atom. The molecular weight excluding hydrogens is 262 g/mol. The summed E-state index contributed by atoms with van der Waals surface area (Å²) < 4.78 is 5.28. The topological polar surface area (TPSA) is 81.2 Å². The number of furan rings is 1. The van der Waals surface area contributed by atoms with Crippen LogP contribution in [0.2, 0.25) is 0 Å². The highest BCUT2D eigenvalue weighted by Crippen LogP contribution is 2.27. The number of amides is 1. The van der Waals surface area contributed by atoms with Crippen LogP contribution in [0.15, 0.2) is 22.8 Å². The van der Waals surface area contributed by atoms with E-state index in [9.17, 15) is 4.79 Å². The fraction of sp³-hybridized carbons (Fsp3) is 0.385. The molecule has 0 bridgehead atoms. The number of thiazole rings is 1. The minimum atomic E-state index is -0.136. The van der Waals surface area contributed by atoms with Crippen LogP contribution in [0.25, 0.3) is 10.8 Å². The van der Waals surface area contributed by atoms with E-state index in [1.54, 1.807) is 12.3 Å². The molecule has 2 rings (SSSR count). The van der Waals surface area contributed by atoms with Crippen LogP contribution in [0.4, 0.5) is 0 Å². The van der Waals surface area contributed by atoms with Gasteiger partial charge in [-0.2, -0.15) is 0 Å². The number of nitrogens with zero attached hydrogens (tertiary/aromatic N) is 1. The maximum absolute atomic E-state index is 12.0. The fourth-order valence-electron chi connectivity index (χ4n) is 1.67. The van der Waals surface area contributed by atoms with Gasteiger partial charge in [-0.25, -0.2) is 4.98 Å². The molecule has 2 aromatic rings. The van der Waals surface area contributed by atoms with Crippen molar-refractivity contribution in [3.8, 4) is 10.8 Å². The smallest absolute Gasteiger partial charge is 0.271 e. The largest absolute Gasteiger partial charge is 0.462 e. The minimum absolute atomic E-state index is 0.136. The molecule has 0 atom stereocenters. The number of unbranched alkanes of at least 4 members (excludes halogenated alkanes) is 1. The zero-order chi connectivity index (χ0) is 13.7. The molecule has 5 nitrogen and oxygen atoms in total. The minimum Gasteiger partial charge on any atom is -0.462 e. The summed E-state index contributed by atoms with van der Waals surface area (Å²) >= 11 is 1.46. The number of carbonyl (C=O) groups excluding carboxylic acids is 1. The number of nitrogens with one attached hydrogen (secondary N) is 1. The van der Waals surface area contributed by atoms with Gasteiger partial charge in [-0.3, -0.25) is 4.79 Å². The van der Waals surface area contributed by atoms with E-state index in [0.717, 1.165) is 22.7 Å². The Hall–Kier alpha value is -1.66. The molecule has 0 spiro atoms. The van der Waals surface area contributed by atoms with Crippen molar-refractivity contribution in [2.24, 2.45) is 5.73 Å². The van der Waals surface area contributed by atoms with E-state index in [2.05, 4.69) is 10.3 Å². The van der Waals surface area contributed by atoms with Crippen molar-refractivity contribution in [1.29, 1.82) is 0 Å². The maximum Gasteiger partial charge on any atom is 0.271 e. The van der Waals surface area contributed by atoms with E-state index in [-0.39, 0.29) is 5.91 Å². The molecule has 1 amide bonds. The van der Waals surface area contributed by atoms with Gasteiger partial charge in [0, 0.05) is 11.4 Å². The molecule has 0 unspecified atom stereocenters. The summed E-state index contributed by atoms with van der Waals surface area (Å²) in [4.78, 5) is 17.2. The van der Waals surface area contributed by atoms with Crippen molar-refractivity contribution in [2.75, 3.05) is 13.1 Å². The Morgan fingerprint density at radius 1 is 1.53 bits per heavy atom. The monoisotopic (exact) mass is 279 g/mol. The van der Waals surface area contributed by atoms with E-state index in [0.29, 0.717) is 24.5 Å². The van der Waals surface area contributed by atoms with Crippen LogP contribution in [0.1, 0.15) is 28.2 Å². The fourth-order valence-corrected chi connectivity index (χ4v) is 2.55. The van der Waals surface area contributed by atoms with E-state index < -0.39 is 0 Å². The molecule has 0 saturated heterocycles. The summed E-state index contributed by atoms with van der Waals surface area (Å²) in [6.45, 7) is 3.16. The molecule has 2 aromatic heterocycles. The van der Waals surface area contributed by atoms with E-state index >= 15 is 0 Å². The summed E-state index contributed by atoms with van der Waals surface area (Å²) in [5.41, 5.74) is 5.88. The number of nitrogens with two attached hydrogens (primary N) is 1. The van der Waals surface area contributed by atoms with Crippen molar-refractivity contribution < 1.29 is 9.21 Å². The third kappa shape index (κ3) is 3.42. The zero-order valence-corrected chi connectivity index (χ0v) is 11.6. The Morgan fingerprint density at radius 2 is 2.37 bits per heavy atom. The maximum atomic E-state index is 12.0. The highest BCUT2D eigenvalue weighted by Gasteiger charge is 2.16. The van der Waals surface area contributed by atoms with Gasteiger partial charge in [0.1, 0.15) is 5.69 Å². The van der Waals surface area contributed by atoms with Gasteiger partial charge < -0.3 is 15.5 Å². The van der Waals surface area contributed by atoms with Gasteiger partial charge in [-0.1, -0.05) is 0 Å². The molecule has 6 heteroatoms. The van der Waals surface area contributed by atoms with Gasteiger partial charge in [-0.15, -0.1) is 11.3 Å². The van der Waals surface area contributed by atoms with Gasteiger partial charge in [0.05, 0.1) is 6.26 Å². The van der Waals surface area contributed by atoms with Crippen molar-refractivity contribution in [3.05, 3.63) is 29.0 Å². The number of rotatable bonds is 6. The molecule has 0 aliphatic rings. The summed E-state index contributed by atoms with van der Waals surface area (Å²) in [5.74, 6) is 0.554. The van der Waals surface area contributed by atoms with Crippen LogP contribution in [-0.2, 0) is 0 Å². The number of hydrogen-bond donors (Lipinski definition) is 2. The van der Waals surface area contributed by atoms with Crippen molar-refractivity contribution in [1.82, 2.24) is 10.3 Å². The predicted octanol–water partition coefficient (Wildman–Crippen LogP) is 2.18. The highest BCUT2D eigenvalue weighted by molar-refractivity contribution is 7.15. The van der Waals surface area contributed by atoms with E-state index in [1.165, 1.54) is 11.3 Å². The number of aryl methyl sites for hydroxylation is 1. The second kappa shape index (κ2) is 6.49. The number of aromatic nitrogens is 1. The lowest BCUT2D eigenvalue weighted by atomic mass is 10.3. The van der Waals surface area contributed by atoms with Gasteiger partial charge in [0.2, 0.25) is 0 Å². The molecule has 0 radical (unpaired) electrons. The average Bonchev–Trinajstić information content (AvgIpc) is 3.03. The zero-order valence-electron chi connectivity index (χ0n) is 10.8. The predicted molar refractivity (Wildman–Crippen MR) is 75.2 cm³/mol. The normalized spacial score (nSPS) is 10.6. The SMILES string of the molecule is Cc1sc(-c2ccco2)nc1C(=O)NCCCCN. The van der Waals surface area contributed by atoms with Crippen LogP contribution >= 0.6 is 11.3 Å². The molecule has 102 valence electrons. The molecule has 0 aliphatic carbocycles. The van der Waals surface area contributed by atoms with Crippen LogP contribution in [-0.4, -0.2) is 24.0 Å². The van der Waals surface area contributed by atoms with E-state index in [1.807, 2.05) is 13.0 Å². The first-order chi connectivity index (χ1) is 9.22. The van der Waals surface area contributed by atoms with Crippen molar-refractivity contribution >= 4 is 17.2 Å². The third-order valence-corrected chi connectivity index (χ3v) is 3.65. The Bertz CT molecular complexity index is 534. The van der Waals surface area contributed by atoms with Gasteiger partial charge in [0.25, 0.3) is 5.91 Å². The number of carbonyl (C=O) groups is 1. The first-order valence-electron chi connectivity index (χ1n) is 6.22. The van der Waals surface area contributed by atoms with E-state index in [4.69, 9.17) is 10.2 Å². The summed E-state index contributed by atoms with van der Waals surface area (Å²) in [6, 6.07) is 3.64. The second-order valence-corrected chi connectivity index (χ2v) is 5.36. The van der Waals surface area contributed by atoms with Crippen LogP contribution in [0.3, 0.4) is 0 Å². The van der Waals surface area contributed by atoms with Gasteiger partial charge in [-0.05, 0) is 38.4 Å². The lowest BCUT2D eigenvalue weighted by molar-refractivity contribution is 0.0948. The number of hydrogen-bond acceptors (Lipinski definition) is 5. The van der Waals surface area contributed by atoms with Gasteiger partial charge in [0.15, 0.2) is 10.8 Å². The summed E-state index contributed by atoms with van der Waals surface area (Å²) in [7, 11) is 0. The lowest BCUT2D eigenvalue weighted by Gasteiger charge is -2.02. The second-order valence-electron chi connectivity index (χ2n) is 4.15. The molecule has 0 aliphatic heterocycles. The van der Waals surface area contributed by atoms with Crippen molar-refractivity contribution in [2.45, 2.75) is 19.8 Å². The average molecular weight is 279 g/mol. The molecular formula is C13H17N3O2S. The molecule has 3 N–H and O–H groups in total. The quantitative estimate of drug-likeness (QED) is 0.794. The standard InChI is InChI=1S/C13H17N3O2S/c1-9-11(12(17)15-7-3-2-6-14)16-13(19-9)10-5-4-8-18-10/h4-5,8H,2-3,6-7,14H2,1H3,(H,15,17). The molecule has 2 heterocycles. The van der Waals surface area contributed by atoms with Crippen LogP contribution in [0.5, 0.6) is 0 Å². The van der Waals surface area contributed by atoms with Gasteiger partial charge >= 0.3 is 0 Å². The Kier molecular flexibility index (Phi) is 4.70.